The lowest BCUT2D eigenvalue weighted by Gasteiger charge is -2.10. The van der Waals surface area contributed by atoms with Crippen LogP contribution in [0.25, 0.3) is 21.7 Å². The molecule has 5 nitrogen and oxygen atoms in total. The van der Waals surface area contributed by atoms with Gasteiger partial charge >= 0.3 is 11.6 Å². The van der Waals surface area contributed by atoms with Gasteiger partial charge in [-0.1, -0.05) is 25.1 Å². The highest BCUT2D eigenvalue weighted by molar-refractivity contribution is 6.06. The number of hydrogen-bond donors (Lipinski definition) is 0. The molecule has 0 saturated heterocycles. The second-order valence-corrected chi connectivity index (χ2v) is 5.56. The van der Waals surface area contributed by atoms with Crippen molar-refractivity contribution in [2.24, 2.45) is 0 Å². The quantitative estimate of drug-likeness (QED) is 0.407. The molecule has 124 valence electrons. The Balaban J connectivity index is 1.97. The van der Waals surface area contributed by atoms with Crippen molar-refractivity contribution in [3.05, 3.63) is 52.4 Å². The lowest BCUT2D eigenvalue weighted by molar-refractivity contribution is -0.146. The van der Waals surface area contributed by atoms with Crippen LogP contribution < -0.4 is 10.4 Å². The number of carbonyl (C=O) groups excluding carboxylic acids is 1. The van der Waals surface area contributed by atoms with Crippen molar-refractivity contribution in [1.29, 1.82) is 0 Å². The number of ether oxygens (including phenoxy) is 2. The van der Waals surface area contributed by atoms with Crippen LogP contribution in [0.4, 0.5) is 0 Å². The highest BCUT2D eigenvalue weighted by Gasteiger charge is 2.12. The SMILES string of the molecule is CCCOC(=O)COc1cc(C)c2c(c1)oc(=O)c1ccccc12. The third kappa shape index (κ3) is 3.11. The van der Waals surface area contributed by atoms with E-state index in [-0.39, 0.29) is 6.61 Å². The van der Waals surface area contributed by atoms with E-state index in [1.165, 1.54) is 0 Å². The van der Waals surface area contributed by atoms with Crippen LogP contribution >= 0.6 is 0 Å². The first-order chi connectivity index (χ1) is 11.6. The van der Waals surface area contributed by atoms with Crippen molar-refractivity contribution in [3.63, 3.8) is 0 Å². The van der Waals surface area contributed by atoms with Crippen molar-refractivity contribution in [3.8, 4) is 5.75 Å². The third-order valence-corrected chi connectivity index (χ3v) is 3.72. The maximum Gasteiger partial charge on any atom is 0.344 e. The number of aryl methyl sites for hydroxylation is 1. The normalized spacial score (nSPS) is 10.9. The molecule has 0 N–H and O–H groups in total. The van der Waals surface area contributed by atoms with Crippen LogP contribution in [0.5, 0.6) is 5.75 Å². The van der Waals surface area contributed by atoms with Gasteiger partial charge in [-0.15, -0.1) is 0 Å². The minimum atomic E-state index is -0.422. The van der Waals surface area contributed by atoms with Gasteiger partial charge in [-0.2, -0.15) is 0 Å². The molecule has 1 aromatic heterocycles. The number of benzene rings is 2. The molecule has 24 heavy (non-hydrogen) atoms. The summed E-state index contributed by atoms with van der Waals surface area (Å²) in [4.78, 5) is 23.7. The van der Waals surface area contributed by atoms with E-state index in [0.29, 0.717) is 23.3 Å². The van der Waals surface area contributed by atoms with Crippen LogP contribution in [0, 0.1) is 6.92 Å². The van der Waals surface area contributed by atoms with E-state index >= 15 is 0 Å². The van der Waals surface area contributed by atoms with Crippen molar-refractivity contribution in [1.82, 2.24) is 0 Å². The second-order valence-electron chi connectivity index (χ2n) is 5.56. The fourth-order valence-corrected chi connectivity index (χ4v) is 2.67. The largest absolute Gasteiger partial charge is 0.482 e. The summed E-state index contributed by atoms with van der Waals surface area (Å²) >= 11 is 0. The molecule has 0 unspecified atom stereocenters. The number of rotatable bonds is 5. The molecule has 0 bridgehead atoms. The van der Waals surface area contributed by atoms with Gasteiger partial charge in [0.15, 0.2) is 6.61 Å². The Hall–Kier alpha value is -2.82. The Labute approximate surface area is 138 Å². The molecule has 0 spiro atoms. The average Bonchev–Trinajstić information content (AvgIpc) is 2.58. The molecular weight excluding hydrogens is 308 g/mol. The van der Waals surface area contributed by atoms with Crippen LogP contribution in [0.15, 0.2) is 45.6 Å². The monoisotopic (exact) mass is 326 g/mol. The predicted molar refractivity (Wildman–Crippen MR) is 91.5 cm³/mol. The predicted octanol–water partition coefficient (Wildman–Crippen LogP) is 3.59. The Bertz CT molecular complexity index is 955. The van der Waals surface area contributed by atoms with Gasteiger partial charge in [-0.05, 0) is 31.0 Å². The molecule has 1 heterocycles. The molecule has 2 aromatic carbocycles. The Morgan fingerprint density at radius 2 is 1.92 bits per heavy atom. The summed E-state index contributed by atoms with van der Waals surface area (Å²) in [6.45, 7) is 4.03. The van der Waals surface area contributed by atoms with E-state index in [1.54, 1.807) is 18.2 Å². The Kier molecular flexibility index (Phi) is 4.51. The summed E-state index contributed by atoms with van der Waals surface area (Å²) in [5.41, 5.74) is 0.956. The van der Waals surface area contributed by atoms with E-state index in [0.717, 1.165) is 22.8 Å². The van der Waals surface area contributed by atoms with Gasteiger partial charge in [-0.3, -0.25) is 0 Å². The fourth-order valence-electron chi connectivity index (χ4n) is 2.67. The maximum absolute atomic E-state index is 12.1. The van der Waals surface area contributed by atoms with Crippen molar-refractivity contribution in [2.75, 3.05) is 13.2 Å². The van der Waals surface area contributed by atoms with Gasteiger partial charge in [0.25, 0.3) is 0 Å². The maximum atomic E-state index is 12.1. The van der Waals surface area contributed by atoms with Gasteiger partial charge in [0.1, 0.15) is 11.3 Å². The van der Waals surface area contributed by atoms with E-state index in [9.17, 15) is 9.59 Å². The molecule has 0 aliphatic carbocycles. The van der Waals surface area contributed by atoms with Crippen LogP contribution in [-0.4, -0.2) is 19.2 Å². The third-order valence-electron chi connectivity index (χ3n) is 3.72. The van der Waals surface area contributed by atoms with Crippen molar-refractivity contribution >= 4 is 27.7 Å². The molecular formula is C19H18O5. The fraction of sp³-hybridized carbons (Fsp3) is 0.263. The van der Waals surface area contributed by atoms with E-state index in [1.807, 2.05) is 32.0 Å². The van der Waals surface area contributed by atoms with Crippen LogP contribution in [0.2, 0.25) is 0 Å². The Morgan fingerprint density at radius 3 is 2.67 bits per heavy atom. The lowest BCUT2D eigenvalue weighted by Crippen LogP contribution is -2.15. The van der Waals surface area contributed by atoms with Crippen LogP contribution in [0.3, 0.4) is 0 Å². The molecule has 0 aliphatic rings. The number of hydrogen-bond acceptors (Lipinski definition) is 5. The van der Waals surface area contributed by atoms with Crippen LogP contribution in [-0.2, 0) is 9.53 Å². The van der Waals surface area contributed by atoms with Gasteiger partial charge in [0.2, 0.25) is 0 Å². The average molecular weight is 326 g/mol. The zero-order valence-corrected chi connectivity index (χ0v) is 13.6. The zero-order valence-electron chi connectivity index (χ0n) is 13.6. The van der Waals surface area contributed by atoms with E-state index < -0.39 is 11.6 Å². The molecule has 3 aromatic rings. The Morgan fingerprint density at radius 1 is 1.17 bits per heavy atom. The highest BCUT2D eigenvalue weighted by Crippen LogP contribution is 2.29. The molecule has 0 aliphatic heterocycles. The number of fused-ring (bicyclic) bond motifs is 3. The summed E-state index contributed by atoms with van der Waals surface area (Å²) in [6.07, 6.45) is 0.763. The number of esters is 1. The summed E-state index contributed by atoms with van der Waals surface area (Å²) < 4.78 is 15.9. The van der Waals surface area contributed by atoms with Crippen molar-refractivity contribution < 1.29 is 18.7 Å². The topological polar surface area (TPSA) is 65.7 Å². The summed E-state index contributed by atoms with van der Waals surface area (Å²) in [7, 11) is 0. The van der Waals surface area contributed by atoms with Gasteiger partial charge in [0.05, 0.1) is 12.0 Å². The first kappa shape index (κ1) is 16.1. The number of carbonyl (C=O) groups is 1. The van der Waals surface area contributed by atoms with Crippen molar-refractivity contribution in [2.45, 2.75) is 20.3 Å². The molecule has 0 amide bonds. The molecule has 0 atom stereocenters. The minimum Gasteiger partial charge on any atom is -0.482 e. The summed E-state index contributed by atoms with van der Waals surface area (Å²) in [5.74, 6) is 0.0430. The smallest absolute Gasteiger partial charge is 0.344 e. The first-order valence-electron chi connectivity index (χ1n) is 7.84. The molecule has 0 saturated carbocycles. The van der Waals surface area contributed by atoms with E-state index in [4.69, 9.17) is 13.9 Å². The highest BCUT2D eigenvalue weighted by atomic mass is 16.6. The molecule has 3 rings (SSSR count). The van der Waals surface area contributed by atoms with Crippen LogP contribution in [0.1, 0.15) is 18.9 Å². The zero-order chi connectivity index (χ0) is 17.1. The van der Waals surface area contributed by atoms with Gasteiger partial charge < -0.3 is 13.9 Å². The van der Waals surface area contributed by atoms with Gasteiger partial charge in [0, 0.05) is 16.8 Å². The summed E-state index contributed by atoms with van der Waals surface area (Å²) in [6, 6.07) is 10.8. The lowest BCUT2D eigenvalue weighted by atomic mass is 10.0. The molecule has 0 radical (unpaired) electrons. The first-order valence-corrected chi connectivity index (χ1v) is 7.84. The van der Waals surface area contributed by atoms with E-state index in [2.05, 4.69) is 0 Å². The second kappa shape index (κ2) is 6.74. The minimum absolute atomic E-state index is 0.178. The molecule has 5 heteroatoms. The standard InChI is InChI=1S/C19H18O5/c1-3-8-22-17(20)11-23-13-9-12(2)18-14-6-4-5-7-15(14)19(21)24-16(18)10-13/h4-7,9-10H,3,8,11H2,1-2H3. The molecule has 0 fully saturated rings. The summed E-state index contributed by atoms with van der Waals surface area (Å²) in [5, 5.41) is 2.26. The van der Waals surface area contributed by atoms with Gasteiger partial charge in [-0.25, -0.2) is 9.59 Å².